The highest BCUT2D eigenvalue weighted by Gasteiger charge is 2.22. The van der Waals surface area contributed by atoms with Gasteiger partial charge in [-0.3, -0.25) is 4.79 Å². The lowest BCUT2D eigenvalue weighted by Crippen LogP contribution is -1.99. The van der Waals surface area contributed by atoms with Gasteiger partial charge in [-0.25, -0.2) is 0 Å². The molecule has 0 saturated carbocycles. The van der Waals surface area contributed by atoms with Crippen LogP contribution in [0.5, 0.6) is 0 Å². The Labute approximate surface area is 120 Å². The molecule has 0 atom stereocenters. The van der Waals surface area contributed by atoms with Gasteiger partial charge in [-0.2, -0.15) is 0 Å². The topological polar surface area (TPSA) is 17.1 Å². The van der Waals surface area contributed by atoms with E-state index in [1.54, 1.807) is 0 Å². The highest BCUT2D eigenvalue weighted by Crippen LogP contribution is 2.31. The molecule has 20 heavy (non-hydrogen) atoms. The number of rotatable bonds is 5. The molecular weight excluding hydrogens is 244 g/mol. The van der Waals surface area contributed by atoms with Crippen LogP contribution in [0, 0.1) is 0 Å². The third kappa shape index (κ3) is 2.40. The van der Waals surface area contributed by atoms with E-state index >= 15 is 0 Å². The van der Waals surface area contributed by atoms with Crippen molar-refractivity contribution in [3.05, 3.63) is 53.1 Å². The molecule has 102 valence electrons. The molecule has 0 saturated heterocycles. The first-order chi connectivity index (χ1) is 9.79. The summed E-state index contributed by atoms with van der Waals surface area (Å²) in [5.74, 6) is 0.238. The van der Waals surface area contributed by atoms with Crippen LogP contribution in [-0.2, 0) is 0 Å². The van der Waals surface area contributed by atoms with Crippen LogP contribution in [-0.4, -0.2) is 5.78 Å². The molecule has 1 aliphatic rings. The molecular formula is C19H20O. The van der Waals surface area contributed by atoms with Crippen LogP contribution in [0.1, 0.15) is 54.9 Å². The predicted octanol–water partition coefficient (Wildman–Crippen LogP) is 5.39. The summed E-state index contributed by atoms with van der Waals surface area (Å²) in [6.45, 7) is 2.21. The molecule has 1 heteroatoms. The number of ketones is 1. The summed E-state index contributed by atoms with van der Waals surface area (Å²) in [5, 5.41) is 2.36. The molecule has 1 aliphatic carbocycles. The maximum Gasteiger partial charge on any atom is 0.189 e. The fourth-order valence-electron chi connectivity index (χ4n) is 2.93. The van der Waals surface area contributed by atoms with E-state index in [2.05, 4.69) is 31.2 Å². The Morgan fingerprint density at radius 2 is 1.70 bits per heavy atom. The summed E-state index contributed by atoms with van der Waals surface area (Å²) in [7, 11) is 0. The average molecular weight is 264 g/mol. The highest BCUT2D eigenvalue weighted by molar-refractivity contribution is 6.19. The number of unbranched alkanes of at least 4 members (excludes halogenated alkanes) is 3. The second-order valence-electron chi connectivity index (χ2n) is 5.60. The van der Waals surface area contributed by atoms with Gasteiger partial charge in [-0.15, -0.1) is 0 Å². The molecule has 0 spiro atoms. The Morgan fingerprint density at radius 1 is 0.950 bits per heavy atom. The maximum absolute atomic E-state index is 12.4. The van der Waals surface area contributed by atoms with Crippen LogP contribution in [0.15, 0.2) is 42.0 Å². The molecule has 0 radical (unpaired) electrons. The molecule has 0 aromatic heterocycles. The minimum absolute atomic E-state index is 0.238. The molecule has 2 aromatic carbocycles. The quantitative estimate of drug-likeness (QED) is 0.662. The van der Waals surface area contributed by atoms with E-state index in [1.807, 2.05) is 18.2 Å². The molecule has 0 fully saturated rings. The molecule has 0 amide bonds. The summed E-state index contributed by atoms with van der Waals surface area (Å²) in [5.41, 5.74) is 2.97. The first kappa shape index (κ1) is 13.1. The minimum Gasteiger partial charge on any atom is -0.289 e. The van der Waals surface area contributed by atoms with Gasteiger partial charge in [-0.05, 0) is 47.4 Å². The van der Waals surface area contributed by atoms with Gasteiger partial charge >= 0.3 is 0 Å². The molecule has 0 aliphatic heterocycles. The Balaban J connectivity index is 1.83. The van der Waals surface area contributed by atoms with Crippen molar-refractivity contribution < 1.29 is 4.79 Å². The van der Waals surface area contributed by atoms with E-state index in [-0.39, 0.29) is 5.78 Å². The van der Waals surface area contributed by atoms with E-state index < -0.39 is 0 Å². The average Bonchev–Trinajstić information content (AvgIpc) is 2.77. The van der Waals surface area contributed by atoms with Gasteiger partial charge in [0.1, 0.15) is 0 Å². The van der Waals surface area contributed by atoms with Gasteiger partial charge in [0.2, 0.25) is 0 Å². The van der Waals surface area contributed by atoms with Crippen molar-refractivity contribution in [2.45, 2.75) is 39.0 Å². The Morgan fingerprint density at radius 3 is 2.45 bits per heavy atom. The van der Waals surface area contributed by atoms with Gasteiger partial charge in [0.05, 0.1) is 0 Å². The lowest BCUT2D eigenvalue weighted by Gasteiger charge is -2.03. The van der Waals surface area contributed by atoms with E-state index in [1.165, 1.54) is 24.6 Å². The maximum atomic E-state index is 12.4. The van der Waals surface area contributed by atoms with Crippen molar-refractivity contribution in [3.63, 3.8) is 0 Å². The third-order valence-electron chi connectivity index (χ3n) is 4.08. The summed E-state index contributed by atoms with van der Waals surface area (Å²) in [6.07, 6.45) is 7.86. The zero-order chi connectivity index (χ0) is 13.9. The Hall–Kier alpha value is -1.89. The van der Waals surface area contributed by atoms with Crippen LogP contribution in [0.4, 0.5) is 0 Å². The van der Waals surface area contributed by atoms with Crippen molar-refractivity contribution in [2.24, 2.45) is 0 Å². The van der Waals surface area contributed by atoms with Gasteiger partial charge in [-0.1, -0.05) is 50.5 Å². The van der Waals surface area contributed by atoms with Crippen LogP contribution >= 0.6 is 0 Å². The Kier molecular flexibility index (Phi) is 3.68. The fraction of sp³-hybridized carbons (Fsp3) is 0.316. The second kappa shape index (κ2) is 5.62. The van der Waals surface area contributed by atoms with Gasteiger partial charge in [0.15, 0.2) is 5.78 Å². The molecule has 1 nitrogen and oxygen atoms in total. The normalized spacial score (nSPS) is 13.7. The van der Waals surface area contributed by atoms with Crippen LogP contribution in [0.2, 0.25) is 0 Å². The number of allylic oxidation sites excluding steroid dienone is 1. The zero-order valence-corrected chi connectivity index (χ0v) is 12.0. The van der Waals surface area contributed by atoms with E-state index in [0.29, 0.717) is 0 Å². The predicted molar refractivity (Wildman–Crippen MR) is 85.0 cm³/mol. The van der Waals surface area contributed by atoms with Crippen molar-refractivity contribution in [2.75, 3.05) is 0 Å². The smallest absolute Gasteiger partial charge is 0.189 e. The summed E-state index contributed by atoms with van der Waals surface area (Å²) < 4.78 is 0. The summed E-state index contributed by atoms with van der Waals surface area (Å²) >= 11 is 0. The molecule has 2 aromatic rings. The summed E-state index contributed by atoms with van der Waals surface area (Å²) in [6, 6.07) is 12.4. The first-order valence-electron chi connectivity index (χ1n) is 7.57. The second-order valence-corrected chi connectivity index (χ2v) is 5.60. The number of hydrogen-bond acceptors (Lipinski definition) is 1. The molecule has 0 bridgehead atoms. The monoisotopic (exact) mass is 264 g/mol. The largest absolute Gasteiger partial charge is 0.289 e. The number of hydrogen-bond donors (Lipinski definition) is 0. The zero-order valence-electron chi connectivity index (χ0n) is 12.0. The van der Waals surface area contributed by atoms with E-state index in [0.717, 1.165) is 34.9 Å². The number of fused-ring (bicyclic) bond motifs is 2. The number of benzene rings is 2. The Bertz CT molecular complexity index is 679. The van der Waals surface area contributed by atoms with Crippen molar-refractivity contribution in [3.8, 4) is 0 Å². The van der Waals surface area contributed by atoms with Crippen molar-refractivity contribution in [1.29, 1.82) is 0 Å². The van der Waals surface area contributed by atoms with Crippen LogP contribution < -0.4 is 0 Å². The van der Waals surface area contributed by atoms with Crippen LogP contribution in [0.3, 0.4) is 0 Å². The van der Waals surface area contributed by atoms with E-state index in [4.69, 9.17) is 0 Å². The van der Waals surface area contributed by atoms with Crippen molar-refractivity contribution >= 4 is 22.6 Å². The number of carbonyl (C=O) groups excluding carboxylic acids is 1. The van der Waals surface area contributed by atoms with E-state index in [9.17, 15) is 4.79 Å². The number of Topliss-reactive ketones (excluding diaryl/α,β-unsaturated/α-hetero) is 1. The molecule has 0 N–H and O–H groups in total. The molecule has 0 unspecified atom stereocenters. The molecule has 3 rings (SSSR count). The number of carbonyl (C=O) groups is 1. The van der Waals surface area contributed by atoms with Gasteiger partial charge < -0.3 is 0 Å². The fourth-order valence-corrected chi connectivity index (χ4v) is 2.93. The van der Waals surface area contributed by atoms with Crippen LogP contribution in [0.25, 0.3) is 16.8 Å². The van der Waals surface area contributed by atoms with Gasteiger partial charge in [0.25, 0.3) is 0 Å². The van der Waals surface area contributed by atoms with Gasteiger partial charge in [0, 0.05) is 11.1 Å². The molecule has 0 heterocycles. The standard InChI is InChI=1S/C19H20O/c1-2-3-4-5-10-16-12-17-11-14-8-6-7-9-15(14)13-18(17)19(16)20/h6-9,11-13H,2-5,10H2,1H3. The first-order valence-corrected chi connectivity index (χ1v) is 7.57. The SMILES string of the molecule is CCCCCCC1=Cc2cc3ccccc3cc2C1=O. The third-order valence-corrected chi connectivity index (χ3v) is 4.08. The lowest BCUT2D eigenvalue weighted by atomic mass is 10.0. The van der Waals surface area contributed by atoms with Crippen molar-refractivity contribution in [1.82, 2.24) is 0 Å². The summed E-state index contributed by atoms with van der Waals surface area (Å²) in [4.78, 5) is 12.4. The highest BCUT2D eigenvalue weighted by atomic mass is 16.1. The lowest BCUT2D eigenvalue weighted by molar-refractivity contribution is 0.103. The minimum atomic E-state index is 0.238.